The highest BCUT2D eigenvalue weighted by Crippen LogP contribution is 2.23. The van der Waals surface area contributed by atoms with Crippen LogP contribution < -0.4 is 5.32 Å². The number of aryl methyl sites for hydroxylation is 1. The molecule has 1 rings (SSSR count). The lowest BCUT2D eigenvalue weighted by Crippen LogP contribution is -2.33. The molecule has 4 heteroatoms. The third kappa shape index (κ3) is 3.86. The van der Waals surface area contributed by atoms with Gasteiger partial charge < -0.3 is 9.73 Å². The van der Waals surface area contributed by atoms with E-state index in [1.807, 2.05) is 41.5 Å². The van der Waals surface area contributed by atoms with Crippen LogP contribution in [0.15, 0.2) is 4.42 Å². The van der Waals surface area contributed by atoms with Crippen molar-refractivity contribution in [2.45, 2.75) is 65.8 Å². The molecule has 18 heavy (non-hydrogen) atoms. The zero-order valence-electron chi connectivity index (χ0n) is 12.3. The Kier molecular flexibility index (Phi) is 4.54. The second-order valence-electron chi connectivity index (χ2n) is 5.83. The summed E-state index contributed by atoms with van der Waals surface area (Å²) in [5.74, 6) is 1.34. The molecule has 1 amide bonds. The van der Waals surface area contributed by atoms with E-state index in [-0.39, 0.29) is 23.8 Å². The minimum absolute atomic E-state index is 0.0101. The predicted molar refractivity (Wildman–Crippen MR) is 71.5 cm³/mol. The molecule has 0 bridgehead atoms. The van der Waals surface area contributed by atoms with Crippen LogP contribution in [0.2, 0.25) is 0 Å². The van der Waals surface area contributed by atoms with E-state index in [0.717, 1.165) is 12.1 Å². The van der Waals surface area contributed by atoms with Gasteiger partial charge in [-0.2, -0.15) is 0 Å². The molecular formula is C14H24N2O2. The molecule has 102 valence electrons. The van der Waals surface area contributed by atoms with Crippen LogP contribution in [0.3, 0.4) is 0 Å². The maximum absolute atomic E-state index is 11.8. The van der Waals surface area contributed by atoms with Crippen molar-refractivity contribution in [1.82, 2.24) is 10.3 Å². The van der Waals surface area contributed by atoms with Crippen LogP contribution in [-0.4, -0.2) is 16.9 Å². The van der Waals surface area contributed by atoms with E-state index in [0.29, 0.717) is 11.7 Å². The second-order valence-corrected chi connectivity index (χ2v) is 5.83. The molecule has 0 saturated carbocycles. The zero-order valence-corrected chi connectivity index (χ0v) is 12.3. The molecule has 0 spiro atoms. The Hall–Kier alpha value is -1.32. The minimum atomic E-state index is -0.129. The summed E-state index contributed by atoms with van der Waals surface area (Å²) in [7, 11) is 0. The van der Waals surface area contributed by atoms with E-state index in [1.54, 1.807) is 0 Å². The smallest absolute Gasteiger partial charge is 0.227 e. The van der Waals surface area contributed by atoms with Gasteiger partial charge >= 0.3 is 0 Å². The Labute approximate surface area is 109 Å². The molecule has 1 unspecified atom stereocenters. The summed E-state index contributed by atoms with van der Waals surface area (Å²) in [6.07, 6.45) is 1.19. The topological polar surface area (TPSA) is 55.1 Å². The quantitative estimate of drug-likeness (QED) is 0.896. The first-order valence-electron chi connectivity index (χ1n) is 6.50. The van der Waals surface area contributed by atoms with Crippen LogP contribution in [0.1, 0.15) is 58.4 Å². The Balaban J connectivity index is 2.74. The van der Waals surface area contributed by atoms with Crippen molar-refractivity contribution in [3.63, 3.8) is 0 Å². The van der Waals surface area contributed by atoms with E-state index < -0.39 is 0 Å². The van der Waals surface area contributed by atoms with Gasteiger partial charge in [-0.1, -0.05) is 27.7 Å². The molecule has 1 heterocycles. The Morgan fingerprint density at radius 3 is 2.50 bits per heavy atom. The fourth-order valence-electron chi connectivity index (χ4n) is 1.49. The SMILES string of the molecule is CCC(C)NC(=O)Cc1oc(C(C)(C)C)nc1C. The van der Waals surface area contributed by atoms with Crippen molar-refractivity contribution in [3.05, 3.63) is 17.3 Å². The predicted octanol–water partition coefficient (Wildman–Crippen LogP) is 2.74. The highest BCUT2D eigenvalue weighted by molar-refractivity contribution is 5.78. The third-order valence-corrected chi connectivity index (χ3v) is 2.88. The van der Waals surface area contributed by atoms with Gasteiger partial charge in [0.05, 0.1) is 12.1 Å². The molecule has 0 fully saturated rings. The van der Waals surface area contributed by atoms with E-state index in [2.05, 4.69) is 10.3 Å². The lowest BCUT2D eigenvalue weighted by Gasteiger charge is -2.12. The number of nitrogens with one attached hydrogen (secondary N) is 1. The molecule has 0 aromatic carbocycles. The van der Waals surface area contributed by atoms with Crippen LogP contribution >= 0.6 is 0 Å². The first kappa shape index (κ1) is 14.7. The fraction of sp³-hybridized carbons (Fsp3) is 0.714. The van der Waals surface area contributed by atoms with Crippen LogP contribution in [0, 0.1) is 6.92 Å². The monoisotopic (exact) mass is 252 g/mol. The molecule has 1 N–H and O–H groups in total. The number of rotatable bonds is 4. The van der Waals surface area contributed by atoms with E-state index in [1.165, 1.54) is 0 Å². The standard InChI is InChI=1S/C14H24N2O2/c1-7-9(2)15-12(17)8-11-10(3)16-13(18-11)14(4,5)6/h9H,7-8H2,1-6H3,(H,15,17). The van der Waals surface area contributed by atoms with E-state index in [4.69, 9.17) is 4.42 Å². The normalized spacial score (nSPS) is 13.4. The van der Waals surface area contributed by atoms with Gasteiger partial charge in [0.2, 0.25) is 5.91 Å². The number of hydrogen-bond acceptors (Lipinski definition) is 3. The Bertz CT molecular complexity index is 416. The van der Waals surface area contributed by atoms with Gasteiger partial charge in [-0.3, -0.25) is 4.79 Å². The summed E-state index contributed by atoms with van der Waals surface area (Å²) in [4.78, 5) is 16.2. The van der Waals surface area contributed by atoms with Crippen molar-refractivity contribution in [1.29, 1.82) is 0 Å². The first-order chi connectivity index (χ1) is 8.24. The number of hydrogen-bond donors (Lipinski definition) is 1. The van der Waals surface area contributed by atoms with Crippen LogP contribution in [0.25, 0.3) is 0 Å². The summed E-state index contributed by atoms with van der Waals surface area (Å²) >= 11 is 0. The molecule has 0 aliphatic heterocycles. The number of nitrogens with zero attached hydrogens (tertiary/aromatic N) is 1. The molecular weight excluding hydrogens is 228 g/mol. The number of carbonyl (C=O) groups excluding carboxylic acids is 1. The van der Waals surface area contributed by atoms with E-state index >= 15 is 0 Å². The summed E-state index contributed by atoms with van der Waals surface area (Å²) in [6.45, 7) is 12.0. The lowest BCUT2D eigenvalue weighted by molar-refractivity contribution is -0.121. The molecule has 0 aliphatic carbocycles. The maximum Gasteiger partial charge on any atom is 0.227 e. The van der Waals surface area contributed by atoms with Gasteiger partial charge in [-0.05, 0) is 20.3 Å². The largest absolute Gasteiger partial charge is 0.444 e. The van der Waals surface area contributed by atoms with Crippen molar-refractivity contribution in [2.75, 3.05) is 0 Å². The summed E-state index contributed by atoms with van der Waals surface area (Å²) < 4.78 is 5.69. The van der Waals surface area contributed by atoms with Gasteiger partial charge in [0, 0.05) is 11.5 Å². The Morgan fingerprint density at radius 1 is 1.44 bits per heavy atom. The van der Waals surface area contributed by atoms with Gasteiger partial charge in [0.15, 0.2) is 5.89 Å². The molecule has 1 aromatic rings. The lowest BCUT2D eigenvalue weighted by atomic mass is 9.97. The van der Waals surface area contributed by atoms with Crippen LogP contribution in [0.5, 0.6) is 0 Å². The molecule has 4 nitrogen and oxygen atoms in total. The number of oxazole rings is 1. The average molecular weight is 252 g/mol. The molecule has 0 saturated heterocycles. The van der Waals surface area contributed by atoms with Crippen molar-refractivity contribution in [2.24, 2.45) is 0 Å². The molecule has 0 aliphatic rings. The van der Waals surface area contributed by atoms with Crippen molar-refractivity contribution >= 4 is 5.91 Å². The van der Waals surface area contributed by atoms with Crippen LogP contribution in [0.4, 0.5) is 0 Å². The van der Waals surface area contributed by atoms with Gasteiger partial charge in [-0.15, -0.1) is 0 Å². The minimum Gasteiger partial charge on any atom is -0.444 e. The summed E-state index contributed by atoms with van der Waals surface area (Å²) in [5.41, 5.74) is 0.676. The van der Waals surface area contributed by atoms with Gasteiger partial charge in [-0.25, -0.2) is 4.98 Å². The second kappa shape index (κ2) is 5.55. The maximum atomic E-state index is 11.8. The van der Waals surface area contributed by atoms with Crippen LogP contribution in [-0.2, 0) is 16.6 Å². The van der Waals surface area contributed by atoms with Gasteiger partial charge in [0.1, 0.15) is 5.76 Å². The first-order valence-corrected chi connectivity index (χ1v) is 6.50. The Morgan fingerprint density at radius 2 is 2.06 bits per heavy atom. The third-order valence-electron chi connectivity index (χ3n) is 2.88. The van der Waals surface area contributed by atoms with Crippen molar-refractivity contribution < 1.29 is 9.21 Å². The van der Waals surface area contributed by atoms with Gasteiger partial charge in [0.25, 0.3) is 0 Å². The molecule has 1 aromatic heterocycles. The number of amides is 1. The van der Waals surface area contributed by atoms with E-state index in [9.17, 15) is 4.79 Å². The summed E-state index contributed by atoms with van der Waals surface area (Å²) in [5, 5.41) is 2.93. The number of carbonyl (C=O) groups is 1. The fourth-order valence-corrected chi connectivity index (χ4v) is 1.49. The zero-order chi connectivity index (χ0) is 13.9. The van der Waals surface area contributed by atoms with Crippen molar-refractivity contribution in [3.8, 4) is 0 Å². The number of aromatic nitrogens is 1. The molecule has 0 radical (unpaired) electrons. The summed E-state index contributed by atoms with van der Waals surface area (Å²) in [6, 6.07) is 0.197. The molecule has 1 atom stereocenters. The average Bonchev–Trinajstić information content (AvgIpc) is 2.59. The highest BCUT2D eigenvalue weighted by Gasteiger charge is 2.23. The highest BCUT2D eigenvalue weighted by atomic mass is 16.4.